The Balaban J connectivity index is 2.19. The van der Waals surface area contributed by atoms with Crippen molar-refractivity contribution in [2.24, 2.45) is 0 Å². The Kier molecular flexibility index (Phi) is 5.66. The van der Waals surface area contributed by atoms with Gasteiger partial charge in [-0.1, -0.05) is 36.4 Å². The summed E-state index contributed by atoms with van der Waals surface area (Å²) in [5, 5.41) is 19.1. The quantitative estimate of drug-likeness (QED) is 0.645. The number of nitrogen functional groups attached to an aromatic ring is 1. The molecule has 0 aliphatic rings. The van der Waals surface area contributed by atoms with Gasteiger partial charge in [-0.2, -0.15) is 10.5 Å². The van der Waals surface area contributed by atoms with E-state index in [0.29, 0.717) is 16.7 Å². The minimum Gasteiger partial charge on any atom is -0.459 e. The Hall–Kier alpha value is -4.36. The molecule has 0 spiro atoms. The second kappa shape index (κ2) is 8.34. The Morgan fingerprint density at radius 1 is 1.00 bits per heavy atom. The van der Waals surface area contributed by atoms with Gasteiger partial charge in [0.15, 0.2) is 0 Å². The van der Waals surface area contributed by atoms with E-state index in [9.17, 15) is 20.1 Å². The standard InChI is InChI=1S/C23H18N4O3/c1-13(2)30-23(29)15-9-7-14(8-10-15)16-5-3-4-6-17(16)20-18(11-24)21(26)27-22(28)19(20)12-25/h3-10,13H,1-2H3,(H3,26,27,28). The highest BCUT2D eigenvalue weighted by Gasteiger charge is 2.21. The van der Waals surface area contributed by atoms with Gasteiger partial charge in [-0.25, -0.2) is 4.79 Å². The van der Waals surface area contributed by atoms with Gasteiger partial charge >= 0.3 is 5.97 Å². The number of esters is 1. The minimum absolute atomic E-state index is 0.0238. The number of hydrogen-bond donors (Lipinski definition) is 2. The predicted octanol–water partition coefficient (Wildman–Crippen LogP) is 3.60. The molecule has 1 aromatic heterocycles. The number of aromatic nitrogens is 1. The number of H-pyrrole nitrogens is 1. The van der Waals surface area contributed by atoms with Crippen molar-refractivity contribution in [2.45, 2.75) is 20.0 Å². The van der Waals surface area contributed by atoms with Crippen LogP contribution >= 0.6 is 0 Å². The lowest BCUT2D eigenvalue weighted by Gasteiger charge is -2.14. The van der Waals surface area contributed by atoms with Crippen molar-refractivity contribution in [1.82, 2.24) is 4.98 Å². The highest BCUT2D eigenvalue weighted by atomic mass is 16.5. The molecular weight excluding hydrogens is 380 g/mol. The van der Waals surface area contributed by atoms with Gasteiger partial charge in [0.2, 0.25) is 0 Å². The lowest BCUT2D eigenvalue weighted by atomic mass is 9.89. The molecule has 3 rings (SSSR count). The number of aromatic amines is 1. The SMILES string of the molecule is CC(C)OC(=O)c1ccc(-c2ccccc2-c2c(C#N)c(N)[nH]c(=O)c2C#N)cc1. The van der Waals surface area contributed by atoms with Crippen molar-refractivity contribution in [3.8, 4) is 34.4 Å². The highest BCUT2D eigenvalue weighted by Crippen LogP contribution is 2.36. The summed E-state index contributed by atoms with van der Waals surface area (Å²) < 4.78 is 5.20. The van der Waals surface area contributed by atoms with E-state index in [1.54, 1.807) is 62.4 Å². The van der Waals surface area contributed by atoms with Crippen LogP contribution in [-0.2, 0) is 4.74 Å². The molecule has 7 heteroatoms. The molecule has 30 heavy (non-hydrogen) atoms. The van der Waals surface area contributed by atoms with Crippen molar-refractivity contribution >= 4 is 11.8 Å². The zero-order chi connectivity index (χ0) is 21.8. The molecule has 0 fully saturated rings. The average Bonchev–Trinajstić information content (AvgIpc) is 2.73. The van der Waals surface area contributed by atoms with Crippen LogP contribution in [0, 0.1) is 22.7 Å². The number of anilines is 1. The molecule has 0 bridgehead atoms. The fraction of sp³-hybridized carbons (Fsp3) is 0.130. The van der Waals surface area contributed by atoms with E-state index in [1.807, 2.05) is 12.1 Å². The van der Waals surface area contributed by atoms with Crippen molar-refractivity contribution in [1.29, 1.82) is 10.5 Å². The Morgan fingerprint density at radius 3 is 2.17 bits per heavy atom. The minimum atomic E-state index is -0.661. The first kappa shape index (κ1) is 20.4. The van der Waals surface area contributed by atoms with E-state index in [-0.39, 0.29) is 28.6 Å². The first-order valence-electron chi connectivity index (χ1n) is 9.14. The predicted molar refractivity (Wildman–Crippen MR) is 112 cm³/mol. The summed E-state index contributed by atoms with van der Waals surface area (Å²) in [7, 11) is 0. The summed E-state index contributed by atoms with van der Waals surface area (Å²) in [6.07, 6.45) is -0.228. The molecule has 2 aromatic carbocycles. The molecular formula is C23H18N4O3. The molecule has 0 atom stereocenters. The van der Waals surface area contributed by atoms with Crippen LogP contribution in [0.25, 0.3) is 22.3 Å². The van der Waals surface area contributed by atoms with Gasteiger partial charge in [0.25, 0.3) is 5.56 Å². The maximum atomic E-state index is 12.3. The van der Waals surface area contributed by atoms with E-state index in [1.165, 1.54) is 0 Å². The third kappa shape index (κ3) is 3.78. The van der Waals surface area contributed by atoms with Crippen molar-refractivity contribution in [3.63, 3.8) is 0 Å². The molecule has 0 saturated heterocycles. The molecule has 7 nitrogen and oxygen atoms in total. The molecule has 1 heterocycles. The summed E-state index contributed by atoms with van der Waals surface area (Å²) >= 11 is 0. The van der Waals surface area contributed by atoms with Crippen molar-refractivity contribution < 1.29 is 9.53 Å². The zero-order valence-electron chi connectivity index (χ0n) is 16.4. The second-order valence-electron chi connectivity index (χ2n) is 6.79. The molecule has 0 saturated carbocycles. The average molecular weight is 398 g/mol. The molecule has 0 aliphatic heterocycles. The second-order valence-corrected chi connectivity index (χ2v) is 6.79. The maximum absolute atomic E-state index is 12.3. The highest BCUT2D eigenvalue weighted by molar-refractivity contribution is 5.93. The van der Waals surface area contributed by atoms with Crippen molar-refractivity contribution in [3.05, 3.63) is 75.6 Å². The first-order chi connectivity index (χ1) is 14.4. The number of nitriles is 2. The molecule has 0 amide bonds. The summed E-state index contributed by atoms with van der Waals surface area (Å²) in [5.41, 5.74) is 7.52. The maximum Gasteiger partial charge on any atom is 0.338 e. The smallest absolute Gasteiger partial charge is 0.338 e. The van der Waals surface area contributed by atoms with Crippen LogP contribution in [-0.4, -0.2) is 17.1 Å². The Labute approximate surface area is 173 Å². The number of nitrogens with one attached hydrogen (secondary N) is 1. The summed E-state index contributed by atoms with van der Waals surface area (Å²) in [6.45, 7) is 3.55. The third-order valence-electron chi connectivity index (χ3n) is 4.44. The topological polar surface area (TPSA) is 133 Å². The largest absolute Gasteiger partial charge is 0.459 e. The van der Waals surface area contributed by atoms with Gasteiger partial charge in [-0.05, 0) is 42.7 Å². The normalized spacial score (nSPS) is 10.3. The van der Waals surface area contributed by atoms with E-state index in [0.717, 1.165) is 5.56 Å². The van der Waals surface area contributed by atoms with E-state index < -0.39 is 11.5 Å². The molecule has 3 N–H and O–H groups in total. The number of rotatable bonds is 4. The first-order valence-corrected chi connectivity index (χ1v) is 9.14. The number of carbonyl (C=O) groups excluding carboxylic acids is 1. The number of nitrogens with two attached hydrogens (primary N) is 1. The van der Waals surface area contributed by atoms with Gasteiger partial charge in [-0.15, -0.1) is 0 Å². The number of hydrogen-bond acceptors (Lipinski definition) is 6. The number of ether oxygens (including phenoxy) is 1. The molecule has 0 unspecified atom stereocenters. The molecule has 0 radical (unpaired) electrons. The van der Waals surface area contributed by atoms with Crippen LogP contribution in [0.4, 0.5) is 5.82 Å². The number of pyridine rings is 1. The fourth-order valence-electron chi connectivity index (χ4n) is 3.13. The third-order valence-corrected chi connectivity index (χ3v) is 4.44. The lowest BCUT2D eigenvalue weighted by Crippen LogP contribution is -2.16. The molecule has 3 aromatic rings. The van der Waals surface area contributed by atoms with Gasteiger partial charge in [0, 0.05) is 5.56 Å². The number of nitrogens with zero attached hydrogens (tertiary/aromatic N) is 2. The molecule has 0 aliphatic carbocycles. The van der Waals surface area contributed by atoms with Gasteiger partial charge < -0.3 is 15.5 Å². The monoisotopic (exact) mass is 398 g/mol. The van der Waals surface area contributed by atoms with E-state index in [4.69, 9.17) is 10.5 Å². The van der Waals surface area contributed by atoms with Crippen LogP contribution < -0.4 is 11.3 Å². The Bertz CT molecular complexity index is 1260. The van der Waals surface area contributed by atoms with Crippen LogP contribution in [0.1, 0.15) is 35.3 Å². The van der Waals surface area contributed by atoms with Crippen molar-refractivity contribution in [2.75, 3.05) is 5.73 Å². The zero-order valence-corrected chi connectivity index (χ0v) is 16.4. The Morgan fingerprint density at radius 2 is 1.60 bits per heavy atom. The molecule has 148 valence electrons. The van der Waals surface area contributed by atoms with Crippen LogP contribution in [0.2, 0.25) is 0 Å². The van der Waals surface area contributed by atoms with Crippen LogP contribution in [0.15, 0.2) is 53.3 Å². The van der Waals surface area contributed by atoms with Gasteiger partial charge in [-0.3, -0.25) is 4.79 Å². The summed E-state index contributed by atoms with van der Waals surface area (Å²) in [5.74, 6) is -0.524. The lowest BCUT2D eigenvalue weighted by molar-refractivity contribution is 0.0378. The van der Waals surface area contributed by atoms with Crippen LogP contribution in [0.3, 0.4) is 0 Å². The van der Waals surface area contributed by atoms with E-state index >= 15 is 0 Å². The van der Waals surface area contributed by atoms with E-state index in [2.05, 4.69) is 4.98 Å². The number of carbonyl (C=O) groups is 1. The fourth-order valence-corrected chi connectivity index (χ4v) is 3.13. The van der Waals surface area contributed by atoms with Crippen LogP contribution in [0.5, 0.6) is 0 Å². The summed E-state index contributed by atoms with van der Waals surface area (Å²) in [6, 6.07) is 17.7. The van der Waals surface area contributed by atoms with Gasteiger partial charge in [0.1, 0.15) is 29.1 Å². The summed E-state index contributed by atoms with van der Waals surface area (Å²) in [4.78, 5) is 26.7. The van der Waals surface area contributed by atoms with Gasteiger partial charge in [0.05, 0.1) is 11.7 Å². The number of benzene rings is 2.